The number of carboxylic acid groups (broad SMARTS) is 1. The van der Waals surface area contributed by atoms with Gasteiger partial charge in [0, 0.05) is 11.8 Å². The molecule has 1 amide bonds. The molecule has 2 aromatic rings. The maximum Gasteiger partial charge on any atom is 0.408 e. The molecule has 6 heteroatoms. The first kappa shape index (κ1) is 15.9. The SMILES string of the molecule is CC(C)(C)OC(=O)N[C@@H](Cc1ccc2occc2c1)C(=O)O. The van der Waals surface area contributed by atoms with Crippen LogP contribution in [0.2, 0.25) is 0 Å². The van der Waals surface area contributed by atoms with Gasteiger partial charge in [-0.15, -0.1) is 0 Å². The minimum absolute atomic E-state index is 0.162. The summed E-state index contributed by atoms with van der Waals surface area (Å²) in [5.74, 6) is -1.11. The van der Waals surface area contributed by atoms with Crippen LogP contribution in [0.3, 0.4) is 0 Å². The fourth-order valence-electron chi connectivity index (χ4n) is 2.03. The van der Waals surface area contributed by atoms with E-state index in [1.807, 2.05) is 6.07 Å². The van der Waals surface area contributed by atoms with Gasteiger partial charge in [0.1, 0.15) is 17.2 Å². The standard InChI is InChI=1S/C16H19NO5/c1-16(2,3)22-15(20)17-12(14(18)19)9-10-4-5-13-11(8-10)6-7-21-13/h4-8,12H,9H2,1-3H3,(H,17,20)(H,18,19)/t12-/m0/s1. The Morgan fingerprint density at radius 2 is 2.05 bits per heavy atom. The Kier molecular flexibility index (Phi) is 4.40. The van der Waals surface area contributed by atoms with Crippen LogP contribution in [0.15, 0.2) is 34.9 Å². The lowest BCUT2D eigenvalue weighted by molar-refractivity contribution is -0.139. The Balaban J connectivity index is 2.08. The Morgan fingerprint density at radius 1 is 1.32 bits per heavy atom. The van der Waals surface area contributed by atoms with E-state index >= 15 is 0 Å². The van der Waals surface area contributed by atoms with E-state index in [1.165, 1.54) is 0 Å². The molecule has 1 heterocycles. The fraction of sp³-hybridized carbons (Fsp3) is 0.375. The normalized spacial score (nSPS) is 12.9. The third-order valence-electron chi connectivity index (χ3n) is 2.95. The number of ether oxygens (including phenoxy) is 1. The summed E-state index contributed by atoms with van der Waals surface area (Å²) in [6.45, 7) is 5.15. The van der Waals surface area contributed by atoms with Crippen LogP contribution in [0.5, 0.6) is 0 Å². The van der Waals surface area contributed by atoms with Crippen LogP contribution in [-0.2, 0) is 16.0 Å². The summed E-state index contributed by atoms with van der Waals surface area (Å²) in [5.41, 5.74) is 0.844. The minimum atomic E-state index is -1.11. The number of furan rings is 1. The molecular weight excluding hydrogens is 286 g/mol. The molecule has 0 radical (unpaired) electrons. The number of carbonyl (C=O) groups is 2. The van der Waals surface area contributed by atoms with E-state index in [1.54, 1.807) is 45.2 Å². The predicted octanol–water partition coefficient (Wildman–Crippen LogP) is 2.95. The van der Waals surface area contributed by atoms with Gasteiger partial charge in [-0.05, 0) is 44.5 Å². The highest BCUT2D eigenvalue weighted by molar-refractivity contribution is 5.81. The van der Waals surface area contributed by atoms with Crippen molar-refractivity contribution in [1.29, 1.82) is 0 Å². The molecule has 0 saturated heterocycles. The minimum Gasteiger partial charge on any atom is -0.480 e. The van der Waals surface area contributed by atoms with Crippen molar-refractivity contribution in [3.63, 3.8) is 0 Å². The summed E-state index contributed by atoms with van der Waals surface area (Å²) < 4.78 is 10.3. The maximum atomic E-state index is 11.7. The summed E-state index contributed by atoms with van der Waals surface area (Å²) in [4.78, 5) is 23.1. The molecule has 0 aliphatic carbocycles. The molecule has 0 spiro atoms. The lowest BCUT2D eigenvalue weighted by atomic mass is 10.0. The van der Waals surface area contributed by atoms with Crippen molar-refractivity contribution in [3.8, 4) is 0 Å². The Labute approximate surface area is 128 Å². The zero-order valence-electron chi connectivity index (χ0n) is 12.8. The van der Waals surface area contributed by atoms with Crippen molar-refractivity contribution in [3.05, 3.63) is 36.1 Å². The monoisotopic (exact) mass is 305 g/mol. The molecule has 1 aromatic heterocycles. The van der Waals surface area contributed by atoms with Crippen LogP contribution in [0, 0.1) is 0 Å². The molecule has 1 aromatic carbocycles. The largest absolute Gasteiger partial charge is 0.480 e. The zero-order chi connectivity index (χ0) is 16.3. The van der Waals surface area contributed by atoms with Crippen molar-refractivity contribution in [2.45, 2.75) is 38.8 Å². The number of fused-ring (bicyclic) bond motifs is 1. The van der Waals surface area contributed by atoms with E-state index in [0.717, 1.165) is 16.5 Å². The Hall–Kier alpha value is -2.50. The van der Waals surface area contributed by atoms with E-state index in [2.05, 4.69) is 5.32 Å². The third kappa shape index (κ3) is 4.25. The number of nitrogens with one attached hydrogen (secondary N) is 1. The van der Waals surface area contributed by atoms with Crippen molar-refractivity contribution in [2.24, 2.45) is 0 Å². The molecule has 6 nitrogen and oxygen atoms in total. The van der Waals surface area contributed by atoms with Gasteiger partial charge in [-0.2, -0.15) is 0 Å². The van der Waals surface area contributed by atoms with Crippen LogP contribution < -0.4 is 5.32 Å². The summed E-state index contributed by atoms with van der Waals surface area (Å²) in [6, 6.07) is 6.14. The number of benzene rings is 1. The molecular formula is C16H19NO5. The first-order valence-electron chi connectivity index (χ1n) is 6.93. The number of carboxylic acids is 1. The first-order valence-corrected chi connectivity index (χ1v) is 6.93. The average Bonchev–Trinajstić information content (AvgIpc) is 2.82. The molecule has 0 fully saturated rings. The van der Waals surface area contributed by atoms with Gasteiger partial charge in [0.05, 0.1) is 6.26 Å². The maximum absolute atomic E-state index is 11.7. The van der Waals surface area contributed by atoms with E-state index in [4.69, 9.17) is 9.15 Å². The van der Waals surface area contributed by atoms with Crippen LogP contribution in [0.25, 0.3) is 11.0 Å². The van der Waals surface area contributed by atoms with Crippen molar-refractivity contribution in [2.75, 3.05) is 0 Å². The molecule has 22 heavy (non-hydrogen) atoms. The van der Waals surface area contributed by atoms with Crippen LogP contribution in [-0.4, -0.2) is 28.8 Å². The predicted molar refractivity (Wildman–Crippen MR) is 80.7 cm³/mol. The van der Waals surface area contributed by atoms with Crippen LogP contribution in [0.1, 0.15) is 26.3 Å². The number of hydrogen-bond acceptors (Lipinski definition) is 4. The average molecular weight is 305 g/mol. The van der Waals surface area contributed by atoms with Gasteiger partial charge in [-0.25, -0.2) is 9.59 Å². The summed E-state index contributed by atoms with van der Waals surface area (Å²) in [6.07, 6.45) is 0.988. The Bertz CT molecular complexity index is 683. The molecule has 0 aliphatic heterocycles. The number of amides is 1. The highest BCUT2D eigenvalue weighted by Crippen LogP contribution is 2.18. The molecule has 2 N–H and O–H groups in total. The summed E-state index contributed by atoms with van der Waals surface area (Å²) in [5, 5.41) is 12.5. The highest BCUT2D eigenvalue weighted by Gasteiger charge is 2.24. The van der Waals surface area contributed by atoms with E-state index in [-0.39, 0.29) is 6.42 Å². The van der Waals surface area contributed by atoms with Crippen molar-refractivity contribution < 1.29 is 23.8 Å². The van der Waals surface area contributed by atoms with Gasteiger partial charge in [-0.1, -0.05) is 6.07 Å². The third-order valence-corrected chi connectivity index (χ3v) is 2.95. The second-order valence-corrected chi connectivity index (χ2v) is 6.03. The van der Waals surface area contributed by atoms with E-state index < -0.39 is 23.7 Å². The summed E-state index contributed by atoms with van der Waals surface area (Å²) in [7, 11) is 0. The van der Waals surface area contributed by atoms with Crippen LogP contribution in [0.4, 0.5) is 4.79 Å². The number of alkyl carbamates (subject to hydrolysis) is 1. The van der Waals surface area contributed by atoms with Gasteiger partial charge in [0.15, 0.2) is 0 Å². The highest BCUT2D eigenvalue weighted by atomic mass is 16.6. The van der Waals surface area contributed by atoms with Gasteiger partial charge >= 0.3 is 12.1 Å². The van der Waals surface area contributed by atoms with Crippen molar-refractivity contribution in [1.82, 2.24) is 5.32 Å². The van der Waals surface area contributed by atoms with Gasteiger partial charge in [-0.3, -0.25) is 0 Å². The molecule has 0 bridgehead atoms. The number of carbonyl (C=O) groups excluding carboxylic acids is 1. The molecule has 1 atom stereocenters. The van der Waals surface area contributed by atoms with Gasteiger partial charge in [0.25, 0.3) is 0 Å². The van der Waals surface area contributed by atoms with Gasteiger partial charge < -0.3 is 19.6 Å². The number of aliphatic carboxylic acids is 1. The lowest BCUT2D eigenvalue weighted by Crippen LogP contribution is -2.44. The second-order valence-electron chi connectivity index (χ2n) is 6.03. The molecule has 0 aliphatic rings. The number of hydrogen-bond donors (Lipinski definition) is 2. The van der Waals surface area contributed by atoms with E-state index in [0.29, 0.717) is 0 Å². The van der Waals surface area contributed by atoms with Crippen molar-refractivity contribution >= 4 is 23.0 Å². The molecule has 0 unspecified atom stereocenters. The smallest absolute Gasteiger partial charge is 0.408 e. The van der Waals surface area contributed by atoms with Crippen LogP contribution >= 0.6 is 0 Å². The number of rotatable bonds is 4. The quantitative estimate of drug-likeness (QED) is 0.906. The lowest BCUT2D eigenvalue weighted by Gasteiger charge is -2.22. The second kappa shape index (κ2) is 6.09. The zero-order valence-corrected chi connectivity index (χ0v) is 12.8. The molecule has 0 saturated carbocycles. The molecule has 2 rings (SSSR count). The van der Waals surface area contributed by atoms with Gasteiger partial charge in [0.2, 0.25) is 0 Å². The first-order chi connectivity index (χ1) is 10.2. The van der Waals surface area contributed by atoms with E-state index in [9.17, 15) is 14.7 Å². The Morgan fingerprint density at radius 3 is 2.68 bits per heavy atom. The molecule has 118 valence electrons. The topological polar surface area (TPSA) is 88.8 Å². The summed E-state index contributed by atoms with van der Waals surface area (Å²) >= 11 is 0. The fourth-order valence-corrected chi connectivity index (χ4v) is 2.03.